The molecule has 1 aromatic heterocycles. The Labute approximate surface area is 98.4 Å². The van der Waals surface area contributed by atoms with Gasteiger partial charge in [0.25, 0.3) is 0 Å². The summed E-state index contributed by atoms with van der Waals surface area (Å²) < 4.78 is 1.10. The summed E-state index contributed by atoms with van der Waals surface area (Å²) in [5.74, 6) is 0. The van der Waals surface area contributed by atoms with Gasteiger partial charge in [-0.3, -0.25) is 0 Å². The predicted octanol–water partition coefficient (Wildman–Crippen LogP) is 3.54. The maximum Gasteiger partial charge on any atom is 0.167 e. The van der Waals surface area contributed by atoms with Crippen LogP contribution in [0.5, 0.6) is 0 Å². The second kappa shape index (κ2) is 3.55. The zero-order valence-electron chi connectivity index (χ0n) is 6.26. The van der Waals surface area contributed by atoms with Gasteiger partial charge in [-0.1, -0.05) is 23.2 Å². The van der Waals surface area contributed by atoms with Crippen molar-refractivity contribution in [3.05, 3.63) is 32.1 Å². The van der Waals surface area contributed by atoms with Crippen LogP contribution in [0.4, 0.5) is 0 Å². The van der Waals surface area contributed by atoms with Crippen LogP contribution in [0.2, 0.25) is 10.3 Å². The summed E-state index contributed by atoms with van der Waals surface area (Å²) in [6, 6.07) is 5.72. The number of fused-ring (bicyclic) bond motifs is 1. The van der Waals surface area contributed by atoms with Crippen molar-refractivity contribution in [2.45, 2.75) is 0 Å². The monoisotopic (exact) mass is 324 g/mol. The van der Waals surface area contributed by atoms with Gasteiger partial charge in [0.2, 0.25) is 0 Å². The quantitative estimate of drug-likeness (QED) is 0.693. The Kier molecular flexibility index (Phi) is 2.58. The molecule has 0 bridgehead atoms. The van der Waals surface area contributed by atoms with E-state index < -0.39 is 0 Å². The molecule has 1 heterocycles. The van der Waals surface area contributed by atoms with Crippen LogP contribution in [0.1, 0.15) is 0 Å². The van der Waals surface area contributed by atoms with Gasteiger partial charge >= 0.3 is 0 Å². The van der Waals surface area contributed by atoms with Crippen molar-refractivity contribution in [2.24, 2.45) is 0 Å². The highest BCUT2D eigenvalue weighted by atomic mass is 127. The zero-order valence-corrected chi connectivity index (χ0v) is 9.93. The number of aromatic nitrogens is 2. The molecule has 0 radical (unpaired) electrons. The molecule has 0 atom stereocenters. The fourth-order valence-corrected chi connectivity index (χ4v) is 1.73. The molecule has 0 saturated carbocycles. The lowest BCUT2D eigenvalue weighted by Crippen LogP contribution is -1.86. The molecule has 0 unspecified atom stereocenters. The van der Waals surface area contributed by atoms with Crippen LogP contribution in [-0.2, 0) is 0 Å². The lowest BCUT2D eigenvalue weighted by atomic mass is 10.3. The van der Waals surface area contributed by atoms with Crippen LogP contribution in [0.25, 0.3) is 11.0 Å². The third-order valence-corrected chi connectivity index (χ3v) is 2.84. The van der Waals surface area contributed by atoms with Crippen molar-refractivity contribution in [2.75, 3.05) is 0 Å². The first kappa shape index (κ1) is 9.43. The minimum absolute atomic E-state index is 0.246. The minimum Gasteiger partial charge on any atom is -0.231 e. The average molecular weight is 325 g/mol. The van der Waals surface area contributed by atoms with E-state index in [0.717, 1.165) is 14.6 Å². The predicted molar refractivity (Wildman–Crippen MR) is 62.3 cm³/mol. The number of rotatable bonds is 0. The molecule has 0 aliphatic heterocycles. The molecule has 1 aromatic carbocycles. The van der Waals surface area contributed by atoms with Gasteiger partial charge in [0, 0.05) is 3.57 Å². The van der Waals surface area contributed by atoms with Gasteiger partial charge in [-0.15, -0.1) is 0 Å². The second-order valence-electron chi connectivity index (χ2n) is 2.44. The van der Waals surface area contributed by atoms with Crippen LogP contribution >= 0.6 is 45.8 Å². The summed E-state index contributed by atoms with van der Waals surface area (Å²) in [5.41, 5.74) is 1.52. The molecule has 0 aliphatic rings. The molecule has 2 nitrogen and oxygen atoms in total. The summed E-state index contributed by atoms with van der Waals surface area (Å²) in [4.78, 5) is 8.19. The molecule has 2 rings (SSSR count). The Bertz CT molecular complexity index is 473. The van der Waals surface area contributed by atoms with Gasteiger partial charge in [0.05, 0.1) is 11.0 Å². The highest BCUT2D eigenvalue weighted by Gasteiger charge is 2.03. The second-order valence-corrected chi connectivity index (χ2v) is 4.40. The van der Waals surface area contributed by atoms with Crippen LogP contribution < -0.4 is 0 Å². The van der Waals surface area contributed by atoms with Gasteiger partial charge in [0.1, 0.15) is 0 Å². The smallest absolute Gasteiger partial charge is 0.167 e. The highest BCUT2D eigenvalue weighted by Crippen LogP contribution is 2.21. The first-order chi connectivity index (χ1) is 6.16. The molecule has 13 heavy (non-hydrogen) atoms. The van der Waals surface area contributed by atoms with Crippen LogP contribution in [0, 0.1) is 3.57 Å². The first-order valence-electron chi connectivity index (χ1n) is 3.45. The number of halogens is 3. The maximum absolute atomic E-state index is 5.73. The molecule has 5 heteroatoms. The molecule has 0 fully saturated rings. The maximum atomic E-state index is 5.73. The van der Waals surface area contributed by atoms with Crippen LogP contribution in [0.15, 0.2) is 18.2 Å². The molecule has 2 aromatic rings. The zero-order chi connectivity index (χ0) is 9.42. The summed E-state index contributed by atoms with van der Waals surface area (Å²) in [6.07, 6.45) is 0. The molecule has 0 amide bonds. The molecular formula is C8H3Cl2IN2. The number of hydrogen-bond acceptors (Lipinski definition) is 2. The number of nitrogens with zero attached hydrogens (tertiary/aromatic N) is 2. The van der Waals surface area contributed by atoms with Gasteiger partial charge in [0.15, 0.2) is 10.3 Å². The summed E-state index contributed by atoms with van der Waals surface area (Å²) in [5, 5.41) is 0.492. The van der Waals surface area contributed by atoms with Crippen molar-refractivity contribution in [3.63, 3.8) is 0 Å². The summed E-state index contributed by atoms with van der Waals surface area (Å²) in [6.45, 7) is 0. The van der Waals surface area contributed by atoms with Crippen molar-refractivity contribution in [3.8, 4) is 0 Å². The Hall–Kier alpha value is -0.130. The Morgan fingerprint density at radius 2 is 1.62 bits per heavy atom. The lowest BCUT2D eigenvalue weighted by Gasteiger charge is -1.99. The van der Waals surface area contributed by atoms with E-state index in [4.69, 9.17) is 23.2 Å². The van der Waals surface area contributed by atoms with E-state index >= 15 is 0 Å². The molecule has 0 saturated heterocycles. The lowest BCUT2D eigenvalue weighted by molar-refractivity contribution is 1.29. The van der Waals surface area contributed by atoms with Crippen LogP contribution in [-0.4, -0.2) is 9.97 Å². The van der Waals surface area contributed by atoms with Gasteiger partial charge in [-0.05, 0) is 40.8 Å². The summed E-state index contributed by atoms with van der Waals surface area (Å²) >= 11 is 13.7. The normalized spacial score (nSPS) is 10.7. The van der Waals surface area contributed by atoms with Crippen molar-refractivity contribution < 1.29 is 0 Å². The summed E-state index contributed by atoms with van der Waals surface area (Å²) in [7, 11) is 0. The Balaban J connectivity index is 2.81. The minimum atomic E-state index is 0.246. The fraction of sp³-hybridized carbons (Fsp3) is 0. The largest absolute Gasteiger partial charge is 0.231 e. The van der Waals surface area contributed by atoms with E-state index in [1.807, 2.05) is 18.2 Å². The molecule has 0 aliphatic carbocycles. The van der Waals surface area contributed by atoms with Gasteiger partial charge in [-0.25, -0.2) is 9.97 Å². The molecule has 66 valence electrons. The topological polar surface area (TPSA) is 25.8 Å². The SMILES string of the molecule is Clc1nc2ccc(I)cc2nc1Cl. The van der Waals surface area contributed by atoms with Crippen molar-refractivity contribution >= 4 is 56.8 Å². The standard InChI is InChI=1S/C8H3Cl2IN2/c9-7-8(10)13-6-3-4(11)1-2-5(6)12-7/h1-3H. The molecule has 0 spiro atoms. The fourth-order valence-electron chi connectivity index (χ4n) is 0.984. The van der Waals surface area contributed by atoms with E-state index in [9.17, 15) is 0 Å². The highest BCUT2D eigenvalue weighted by molar-refractivity contribution is 14.1. The van der Waals surface area contributed by atoms with Gasteiger partial charge < -0.3 is 0 Å². The van der Waals surface area contributed by atoms with Crippen molar-refractivity contribution in [1.29, 1.82) is 0 Å². The third-order valence-electron chi connectivity index (χ3n) is 1.54. The number of hydrogen-bond donors (Lipinski definition) is 0. The van der Waals surface area contributed by atoms with E-state index in [2.05, 4.69) is 32.6 Å². The Morgan fingerprint density at radius 1 is 1.00 bits per heavy atom. The third kappa shape index (κ3) is 1.87. The van der Waals surface area contributed by atoms with E-state index in [1.165, 1.54) is 0 Å². The van der Waals surface area contributed by atoms with Crippen molar-refractivity contribution in [1.82, 2.24) is 9.97 Å². The molecular weight excluding hydrogens is 322 g/mol. The Morgan fingerprint density at radius 3 is 2.31 bits per heavy atom. The van der Waals surface area contributed by atoms with E-state index in [1.54, 1.807) is 0 Å². The van der Waals surface area contributed by atoms with Crippen LogP contribution in [0.3, 0.4) is 0 Å². The van der Waals surface area contributed by atoms with E-state index in [-0.39, 0.29) is 10.3 Å². The average Bonchev–Trinajstić information content (AvgIpc) is 2.08. The first-order valence-corrected chi connectivity index (χ1v) is 5.28. The molecule has 0 N–H and O–H groups in total. The van der Waals surface area contributed by atoms with Gasteiger partial charge in [-0.2, -0.15) is 0 Å². The van der Waals surface area contributed by atoms with E-state index in [0.29, 0.717) is 0 Å². The number of benzene rings is 1.